The van der Waals surface area contributed by atoms with Gasteiger partial charge in [-0.25, -0.2) is 8.42 Å². The third-order valence-electron chi connectivity index (χ3n) is 6.12. The van der Waals surface area contributed by atoms with E-state index in [1.54, 1.807) is 37.4 Å². The zero-order valence-electron chi connectivity index (χ0n) is 22.9. The molecule has 0 heterocycles. The summed E-state index contributed by atoms with van der Waals surface area (Å²) in [6.07, 6.45) is 2.94. The van der Waals surface area contributed by atoms with Gasteiger partial charge < -0.3 is 14.7 Å². The third kappa shape index (κ3) is 8.72. The normalized spacial score (nSPS) is 12.3. The average molecular weight is 587 g/mol. The monoisotopic (exact) mass is 586 g/mol. The van der Waals surface area contributed by atoms with E-state index < -0.39 is 22.0 Å². The zero-order valence-corrected chi connectivity index (χ0v) is 24.5. The van der Waals surface area contributed by atoms with Gasteiger partial charge in [0.05, 0.1) is 23.5 Å². The molecule has 1 N–H and O–H groups in total. The number of carboxylic acids is 1. The summed E-state index contributed by atoms with van der Waals surface area (Å²) in [5.74, 6) is -0.389. The molecule has 1 atom stereocenters. The number of oxime groups is 1. The standard InChI is InChI=1S/C30H35ClN2O6S/c1-4-39-32-21-25-14-12-24(13-15-25)16-17-38-27-19-22(2)18-26(20-27)33(23(3)8-7-11-30(34)35)40(36,37)29-10-6-5-9-28(29)31/h5-6,9-10,12-15,18-21,23H,4,7-8,11,16-17H2,1-3H3,(H,34,35). The first-order chi connectivity index (χ1) is 19.1. The number of sulfonamides is 1. The maximum atomic E-state index is 13.9. The molecule has 3 rings (SSSR count). The molecular formula is C30H35ClN2O6S. The molecule has 40 heavy (non-hydrogen) atoms. The van der Waals surface area contributed by atoms with Crippen molar-refractivity contribution in [1.29, 1.82) is 0 Å². The van der Waals surface area contributed by atoms with Gasteiger partial charge in [-0.2, -0.15) is 0 Å². The van der Waals surface area contributed by atoms with Crippen LogP contribution in [0.2, 0.25) is 5.02 Å². The first-order valence-electron chi connectivity index (χ1n) is 13.1. The summed E-state index contributed by atoms with van der Waals surface area (Å²) < 4.78 is 35.2. The van der Waals surface area contributed by atoms with Crippen molar-refractivity contribution in [2.45, 2.75) is 57.4 Å². The van der Waals surface area contributed by atoms with Crippen LogP contribution in [0.25, 0.3) is 0 Å². The topological polar surface area (TPSA) is 106 Å². The second kappa shape index (κ2) is 14.7. The molecule has 3 aromatic rings. The van der Waals surface area contributed by atoms with E-state index in [-0.39, 0.29) is 16.3 Å². The molecule has 0 fully saturated rings. The van der Waals surface area contributed by atoms with Crippen LogP contribution in [0.5, 0.6) is 5.75 Å². The number of nitrogens with zero attached hydrogens (tertiary/aromatic N) is 2. The highest BCUT2D eigenvalue weighted by Crippen LogP contribution is 2.34. The van der Waals surface area contributed by atoms with Crippen LogP contribution in [0.1, 0.15) is 49.8 Å². The van der Waals surface area contributed by atoms with Crippen molar-refractivity contribution >= 4 is 39.5 Å². The van der Waals surface area contributed by atoms with E-state index in [9.17, 15) is 13.2 Å². The lowest BCUT2D eigenvalue weighted by Gasteiger charge is -2.31. The Morgan fingerprint density at radius 2 is 1.85 bits per heavy atom. The van der Waals surface area contributed by atoms with E-state index in [4.69, 9.17) is 26.3 Å². The molecule has 0 radical (unpaired) electrons. The predicted molar refractivity (Wildman–Crippen MR) is 158 cm³/mol. The molecule has 0 saturated carbocycles. The van der Waals surface area contributed by atoms with E-state index in [0.29, 0.717) is 43.9 Å². The van der Waals surface area contributed by atoms with Gasteiger partial charge >= 0.3 is 5.97 Å². The zero-order chi connectivity index (χ0) is 29.1. The quantitative estimate of drug-likeness (QED) is 0.161. The molecule has 0 amide bonds. The highest BCUT2D eigenvalue weighted by molar-refractivity contribution is 7.93. The fourth-order valence-corrected chi connectivity index (χ4v) is 6.39. The van der Waals surface area contributed by atoms with Crippen molar-refractivity contribution in [2.75, 3.05) is 17.5 Å². The lowest BCUT2D eigenvalue weighted by Crippen LogP contribution is -2.39. The number of aliphatic carboxylic acids is 1. The minimum atomic E-state index is -4.07. The molecule has 0 aromatic heterocycles. The second-order valence-corrected chi connectivity index (χ2v) is 11.6. The number of hydrogen-bond donors (Lipinski definition) is 1. The van der Waals surface area contributed by atoms with Crippen LogP contribution in [-0.2, 0) is 26.1 Å². The van der Waals surface area contributed by atoms with Gasteiger partial charge in [-0.05, 0) is 74.6 Å². The maximum absolute atomic E-state index is 13.9. The molecular weight excluding hydrogens is 552 g/mol. The first-order valence-corrected chi connectivity index (χ1v) is 14.9. The van der Waals surface area contributed by atoms with Gasteiger partial charge in [-0.1, -0.05) is 53.2 Å². The average Bonchev–Trinajstić information content (AvgIpc) is 2.89. The maximum Gasteiger partial charge on any atom is 0.303 e. The van der Waals surface area contributed by atoms with Crippen molar-refractivity contribution in [1.82, 2.24) is 0 Å². The van der Waals surface area contributed by atoms with Crippen LogP contribution < -0.4 is 9.04 Å². The summed E-state index contributed by atoms with van der Waals surface area (Å²) in [6.45, 7) is 6.41. The highest BCUT2D eigenvalue weighted by atomic mass is 35.5. The predicted octanol–water partition coefficient (Wildman–Crippen LogP) is 6.48. The summed E-state index contributed by atoms with van der Waals surface area (Å²) in [7, 11) is -4.07. The number of hydrogen-bond acceptors (Lipinski definition) is 6. The molecule has 0 aliphatic rings. The number of ether oxygens (including phenoxy) is 1. The fraction of sp³-hybridized carbons (Fsp3) is 0.333. The van der Waals surface area contributed by atoms with E-state index in [0.717, 1.165) is 16.7 Å². The van der Waals surface area contributed by atoms with Crippen LogP contribution in [0.4, 0.5) is 5.69 Å². The van der Waals surface area contributed by atoms with Crippen molar-refractivity contribution in [3.63, 3.8) is 0 Å². The largest absolute Gasteiger partial charge is 0.493 e. The van der Waals surface area contributed by atoms with E-state index in [1.807, 2.05) is 44.2 Å². The van der Waals surface area contributed by atoms with E-state index >= 15 is 0 Å². The third-order valence-corrected chi connectivity index (χ3v) is 8.56. The summed E-state index contributed by atoms with van der Waals surface area (Å²) in [5.41, 5.74) is 3.26. The Hall–Kier alpha value is -3.56. The number of anilines is 1. The Morgan fingerprint density at radius 1 is 1.12 bits per heavy atom. The Kier molecular flexibility index (Phi) is 11.4. The van der Waals surface area contributed by atoms with Gasteiger partial charge in [0.1, 0.15) is 17.3 Å². The van der Waals surface area contributed by atoms with Crippen LogP contribution in [0.15, 0.2) is 76.8 Å². The van der Waals surface area contributed by atoms with Crippen LogP contribution >= 0.6 is 11.6 Å². The fourth-order valence-electron chi connectivity index (χ4n) is 4.22. The number of carboxylic acid groups (broad SMARTS) is 1. The Morgan fingerprint density at radius 3 is 2.52 bits per heavy atom. The number of aryl methyl sites for hydroxylation is 1. The van der Waals surface area contributed by atoms with Gasteiger partial charge in [-0.3, -0.25) is 9.10 Å². The van der Waals surface area contributed by atoms with Crippen molar-refractivity contribution in [2.24, 2.45) is 5.16 Å². The molecule has 0 saturated heterocycles. The molecule has 0 aliphatic heterocycles. The number of rotatable bonds is 15. The lowest BCUT2D eigenvalue weighted by molar-refractivity contribution is -0.137. The lowest BCUT2D eigenvalue weighted by atomic mass is 10.1. The molecule has 0 aliphatic carbocycles. The van der Waals surface area contributed by atoms with Gasteiger partial charge in [-0.15, -0.1) is 0 Å². The number of halogens is 1. The molecule has 1 unspecified atom stereocenters. The Bertz CT molecular complexity index is 1410. The SMILES string of the molecule is CCON=Cc1ccc(CCOc2cc(C)cc(N(C(C)CCCC(=O)O)S(=O)(=O)c3ccccc3Cl)c2)cc1. The number of benzene rings is 3. The van der Waals surface area contributed by atoms with Gasteiger partial charge in [0.15, 0.2) is 0 Å². The highest BCUT2D eigenvalue weighted by Gasteiger charge is 2.31. The Balaban J connectivity index is 1.82. The van der Waals surface area contributed by atoms with Crippen molar-refractivity contribution in [3.05, 3.63) is 88.4 Å². The molecule has 214 valence electrons. The second-order valence-electron chi connectivity index (χ2n) is 9.36. The number of carbonyl (C=O) groups is 1. The van der Waals surface area contributed by atoms with Gasteiger partial charge in [0.25, 0.3) is 10.0 Å². The summed E-state index contributed by atoms with van der Waals surface area (Å²) in [5, 5.41) is 13.1. The van der Waals surface area contributed by atoms with Gasteiger partial charge in [0.2, 0.25) is 0 Å². The molecule has 0 spiro atoms. The molecule has 3 aromatic carbocycles. The summed E-state index contributed by atoms with van der Waals surface area (Å²) in [6, 6.07) is 19.0. The minimum Gasteiger partial charge on any atom is -0.493 e. The smallest absolute Gasteiger partial charge is 0.303 e. The minimum absolute atomic E-state index is 0.0134. The summed E-state index contributed by atoms with van der Waals surface area (Å²) >= 11 is 6.30. The van der Waals surface area contributed by atoms with Gasteiger partial charge in [0, 0.05) is 24.9 Å². The Labute approximate surface area is 241 Å². The first kappa shape index (κ1) is 31.0. The van der Waals surface area contributed by atoms with Crippen LogP contribution in [-0.4, -0.2) is 45.0 Å². The molecule has 8 nitrogen and oxygen atoms in total. The van der Waals surface area contributed by atoms with E-state index in [2.05, 4.69) is 5.16 Å². The van der Waals surface area contributed by atoms with Crippen LogP contribution in [0.3, 0.4) is 0 Å². The molecule has 0 bridgehead atoms. The molecule has 10 heteroatoms. The van der Waals surface area contributed by atoms with Crippen molar-refractivity contribution < 1.29 is 27.9 Å². The summed E-state index contributed by atoms with van der Waals surface area (Å²) in [4.78, 5) is 16.0. The van der Waals surface area contributed by atoms with Crippen molar-refractivity contribution in [3.8, 4) is 5.75 Å². The van der Waals surface area contributed by atoms with Crippen LogP contribution in [0, 0.1) is 6.92 Å². The van der Waals surface area contributed by atoms with E-state index in [1.165, 1.54) is 16.4 Å².